The highest BCUT2D eigenvalue weighted by Crippen LogP contribution is 2.54. The van der Waals surface area contributed by atoms with Crippen molar-refractivity contribution in [2.45, 2.75) is 50.5 Å². The normalized spacial score (nSPS) is 16.4. The van der Waals surface area contributed by atoms with E-state index in [1.807, 2.05) is 12.1 Å². The summed E-state index contributed by atoms with van der Waals surface area (Å²) in [5.41, 5.74) is 6.78. The van der Waals surface area contributed by atoms with Crippen LogP contribution in [0.5, 0.6) is 0 Å². The minimum Gasteiger partial charge on any atom is -0.347 e. The van der Waals surface area contributed by atoms with E-state index in [-0.39, 0.29) is 17.4 Å². The highest BCUT2D eigenvalue weighted by atomic mass is 35.5. The molecular formula is C18H23ClN4OS. The van der Waals surface area contributed by atoms with E-state index < -0.39 is 0 Å². The summed E-state index contributed by atoms with van der Waals surface area (Å²) in [5.74, 6) is -0.0478. The molecule has 1 heterocycles. The third-order valence-electron chi connectivity index (χ3n) is 4.62. The molecule has 0 bridgehead atoms. The number of benzene rings is 1. The molecule has 25 heavy (non-hydrogen) atoms. The van der Waals surface area contributed by atoms with Gasteiger partial charge in [-0.1, -0.05) is 35.1 Å². The lowest BCUT2D eigenvalue weighted by Crippen LogP contribution is -2.26. The second kappa shape index (κ2) is 7.81. The molecule has 1 aromatic heterocycles. The van der Waals surface area contributed by atoms with E-state index in [0.29, 0.717) is 6.54 Å². The van der Waals surface area contributed by atoms with E-state index in [4.69, 9.17) is 17.3 Å². The van der Waals surface area contributed by atoms with E-state index in [0.717, 1.165) is 47.1 Å². The smallest absolute Gasteiger partial charge is 0.217 e. The maximum atomic E-state index is 11.5. The van der Waals surface area contributed by atoms with E-state index in [1.54, 1.807) is 11.3 Å². The fraction of sp³-hybridized carbons (Fsp3) is 0.500. The predicted molar refractivity (Wildman–Crippen MR) is 101 cm³/mol. The first-order valence-corrected chi connectivity index (χ1v) is 9.82. The predicted octanol–water partition coefficient (Wildman–Crippen LogP) is 3.58. The number of rotatable bonds is 8. The van der Waals surface area contributed by atoms with Crippen molar-refractivity contribution in [2.24, 2.45) is 5.73 Å². The number of hydrogen-bond acceptors (Lipinski definition) is 5. The fourth-order valence-corrected chi connectivity index (χ4v) is 4.41. The molecule has 1 fully saturated rings. The van der Waals surface area contributed by atoms with Gasteiger partial charge in [0.1, 0.15) is 10.0 Å². The van der Waals surface area contributed by atoms with Gasteiger partial charge in [0.05, 0.1) is 6.04 Å². The molecule has 0 aliphatic heterocycles. The third-order valence-corrected chi connectivity index (χ3v) is 6.11. The van der Waals surface area contributed by atoms with Crippen LogP contribution in [-0.2, 0) is 10.2 Å². The van der Waals surface area contributed by atoms with Crippen molar-refractivity contribution in [3.8, 4) is 0 Å². The number of unbranched alkanes of at least 4 members (excludes halogenated alkanes) is 1. The van der Waals surface area contributed by atoms with Crippen LogP contribution in [0.1, 0.15) is 60.6 Å². The first kappa shape index (κ1) is 18.3. The van der Waals surface area contributed by atoms with Gasteiger partial charge < -0.3 is 11.1 Å². The van der Waals surface area contributed by atoms with Gasteiger partial charge in [0.2, 0.25) is 5.91 Å². The van der Waals surface area contributed by atoms with Crippen LogP contribution in [0, 0.1) is 0 Å². The van der Waals surface area contributed by atoms with Crippen LogP contribution >= 0.6 is 22.9 Å². The minimum absolute atomic E-state index is 0.0292. The largest absolute Gasteiger partial charge is 0.347 e. The molecule has 5 nitrogen and oxygen atoms in total. The lowest BCUT2D eigenvalue weighted by molar-refractivity contribution is -0.119. The Labute approximate surface area is 157 Å². The standard InChI is InChI=1S/C18H23ClN4OS/c1-12(24)21-15(4-2-3-11-20)16-22-23-17(25-16)18(9-10-18)13-5-7-14(19)8-6-13/h5-8,15H,2-4,9-11,20H2,1H3,(H,21,24)/t15-/m0/s1. The summed E-state index contributed by atoms with van der Waals surface area (Å²) in [6.45, 7) is 2.20. The van der Waals surface area contributed by atoms with Gasteiger partial charge in [-0.05, 0) is 56.3 Å². The molecule has 1 saturated carbocycles. The zero-order valence-electron chi connectivity index (χ0n) is 14.3. The zero-order chi connectivity index (χ0) is 17.9. The molecule has 1 aliphatic rings. The Balaban J connectivity index is 1.80. The highest BCUT2D eigenvalue weighted by Gasteiger charge is 2.49. The summed E-state index contributed by atoms with van der Waals surface area (Å²) in [7, 11) is 0. The summed E-state index contributed by atoms with van der Waals surface area (Å²) < 4.78 is 0. The maximum Gasteiger partial charge on any atom is 0.217 e. The molecule has 3 N–H and O–H groups in total. The number of carbonyl (C=O) groups excluding carboxylic acids is 1. The van der Waals surface area contributed by atoms with Crippen LogP contribution < -0.4 is 11.1 Å². The Kier molecular flexibility index (Phi) is 5.71. The Morgan fingerprint density at radius 1 is 1.32 bits per heavy atom. The van der Waals surface area contributed by atoms with Gasteiger partial charge in [0.25, 0.3) is 0 Å². The summed E-state index contributed by atoms with van der Waals surface area (Å²) in [6, 6.07) is 7.90. The Morgan fingerprint density at radius 3 is 2.64 bits per heavy atom. The van der Waals surface area contributed by atoms with Gasteiger partial charge >= 0.3 is 0 Å². The molecule has 0 unspecified atom stereocenters. The minimum atomic E-state index is -0.0867. The first-order valence-electron chi connectivity index (χ1n) is 8.62. The van der Waals surface area contributed by atoms with Crippen molar-refractivity contribution in [1.82, 2.24) is 15.5 Å². The van der Waals surface area contributed by atoms with Gasteiger partial charge in [-0.15, -0.1) is 10.2 Å². The number of nitrogens with one attached hydrogen (secondary N) is 1. The van der Waals surface area contributed by atoms with E-state index in [2.05, 4.69) is 27.6 Å². The summed E-state index contributed by atoms with van der Waals surface area (Å²) >= 11 is 7.62. The van der Waals surface area contributed by atoms with E-state index in [9.17, 15) is 4.79 Å². The van der Waals surface area contributed by atoms with Gasteiger partial charge in [0, 0.05) is 17.4 Å². The van der Waals surface area contributed by atoms with Crippen molar-refractivity contribution in [3.63, 3.8) is 0 Å². The number of amides is 1. The van der Waals surface area contributed by atoms with Crippen LogP contribution in [0.2, 0.25) is 5.02 Å². The fourth-order valence-electron chi connectivity index (χ4n) is 3.08. The van der Waals surface area contributed by atoms with Crippen molar-refractivity contribution >= 4 is 28.8 Å². The third kappa shape index (κ3) is 4.19. The molecule has 0 radical (unpaired) electrons. The lowest BCUT2D eigenvalue weighted by Gasteiger charge is -2.15. The number of nitrogens with zero attached hydrogens (tertiary/aromatic N) is 2. The van der Waals surface area contributed by atoms with E-state index in [1.165, 1.54) is 12.5 Å². The molecular weight excluding hydrogens is 356 g/mol. The SMILES string of the molecule is CC(=O)N[C@@H](CCCCN)c1nnc(C2(c3ccc(Cl)cc3)CC2)s1. The average molecular weight is 379 g/mol. The summed E-state index contributed by atoms with van der Waals surface area (Å²) in [5, 5.41) is 14.5. The number of hydrogen-bond donors (Lipinski definition) is 2. The van der Waals surface area contributed by atoms with Crippen LogP contribution in [0.25, 0.3) is 0 Å². The Morgan fingerprint density at radius 2 is 2.04 bits per heavy atom. The molecule has 1 aromatic carbocycles. The van der Waals surface area contributed by atoms with Crippen LogP contribution in [-0.4, -0.2) is 22.6 Å². The molecule has 2 aromatic rings. The molecule has 7 heteroatoms. The maximum absolute atomic E-state index is 11.5. The molecule has 1 atom stereocenters. The zero-order valence-corrected chi connectivity index (χ0v) is 15.9. The summed E-state index contributed by atoms with van der Waals surface area (Å²) in [4.78, 5) is 11.5. The van der Waals surface area contributed by atoms with Crippen molar-refractivity contribution in [1.29, 1.82) is 0 Å². The first-order chi connectivity index (χ1) is 12.0. The Hall–Kier alpha value is -1.50. The highest BCUT2D eigenvalue weighted by molar-refractivity contribution is 7.11. The van der Waals surface area contributed by atoms with Crippen LogP contribution in [0.3, 0.4) is 0 Å². The van der Waals surface area contributed by atoms with Gasteiger partial charge in [0.15, 0.2) is 0 Å². The molecule has 1 amide bonds. The second-order valence-corrected chi connectivity index (χ2v) is 8.02. The lowest BCUT2D eigenvalue weighted by atomic mass is 9.97. The van der Waals surface area contributed by atoms with Gasteiger partial charge in [-0.2, -0.15) is 0 Å². The van der Waals surface area contributed by atoms with Gasteiger partial charge in [-0.25, -0.2) is 0 Å². The van der Waals surface area contributed by atoms with Crippen LogP contribution in [0.15, 0.2) is 24.3 Å². The number of carbonyl (C=O) groups is 1. The topological polar surface area (TPSA) is 80.9 Å². The van der Waals surface area contributed by atoms with Gasteiger partial charge in [-0.3, -0.25) is 4.79 Å². The number of halogens is 1. The summed E-state index contributed by atoms with van der Waals surface area (Å²) in [6.07, 6.45) is 4.87. The average Bonchev–Trinajstić information content (AvgIpc) is 3.24. The molecule has 3 rings (SSSR count). The van der Waals surface area contributed by atoms with Crippen molar-refractivity contribution in [3.05, 3.63) is 44.9 Å². The Bertz CT molecular complexity index is 727. The molecule has 0 spiro atoms. The monoisotopic (exact) mass is 378 g/mol. The number of aromatic nitrogens is 2. The molecule has 1 aliphatic carbocycles. The van der Waals surface area contributed by atoms with Crippen molar-refractivity contribution in [2.75, 3.05) is 6.54 Å². The van der Waals surface area contributed by atoms with Crippen molar-refractivity contribution < 1.29 is 4.79 Å². The molecule has 134 valence electrons. The van der Waals surface area contributed by atoms with E-state index >= 15 is 0 Å². The second-order valence-electron chi connectivity index (χ2n) is 6.57. The van der Waals surface area contributed by atoms with Crippen LogP contribution in [0.4, 0.5) is 0 Å². The number of nitrogens with two attached hydrogens (primary N) is 1. The molecule has 0 saturated heterocycles. The quantitative estimate of drug-likeness (QED) is 0.688.